The van der Waals surface area contributed by atoms with Crippen LogP contribution in [0.1, 0.15) is 6.92 Å². The quantitative estimate of drug-likeness (QED) is 0.498. The van der Waals surface area contributed by atoms with E-state index in [-0.39, 0.29) is 0 Å². The van der Waals surface area contributed by atoms with E-state index >= 15 is 0 Å². The number of halogens is 2. The lowest BCUT2D eigenvalue weighted by molar-refractivity contribution is -0.300. The fourth-order valence-corrected chi connectivity index (χ4v) is 0.333. The van der Waals surface area contributed by atoms with E-state index in [1.165, 1.54) is 6.92 Å². The Balaban J connectivity index is 4.19. The molecule has 0 radical (unpaired) electrons. The zero-order chi connectivity index (χ0) is 7.44. The van der Waals surface area contributed by atoms with Gasteiger partial charge in [-0.05, 0) is 6.92 Å². The molecule has 0 bridgehead atoms. The van der Waals surface area contributed by atoms with Gasteiger partial charge < -0.3 is 9.90 Å². The SMILES string of the molecule is CC=C(C(=O)[O-])C(F)F. The number of carbonyl (C=O) groups is 1. The summed E-state index contributed by atoms with van der Waals surface area (Å²) >= 11 is 0. The molecule has 0 unspecified atom stereocenters. The van der Waals surface area contributed by atoms with E-state index in [2.05, 4.69) is 0 Å². The summed E-state index contributed by atoms with van der Waals surface area (Å²) < 4.78 is 22.9. The molecule has 0 spiro atoms. The van der Waals surface area contributed by atoms with E-state index in [1.54, 1.807) is 0 Å². The highest BCUT2D eigenvalue weighted by Crippen LogP contribution is 2.05. The van der Waals surface area contributed by atoms with Crippen LogP contribution in [0, 0.1) is 0 Å². The number of aliphatic carboxylic acids is 1. The van der Waals surface area contributed by atoms with Crippen LogP contribution in [0.2, 0.25) is 0 Å². The maximum Gasteiger partial charge on any atom is 0.265 e. The molecule has 0 aliphatic rings. The first-order valence-electron chi connectivity index (χ1n) is 2.25. The highest BCUT2D eigenvalue weighted by molar-refractivity contribution is 5.85. The summed E-state index contributed by atoms with van der Waals surface area (Å²) in [5, 5.41) is 9.71. The van der Waals surface area contributed by atoms with Gasteiger partial charge in [-0.25, -0.2) is 8.78 Å². The first-order valence-corrected chi connectivity index (χ1v) is 2.25. The number of rotatable bonds is 2. The molecule has 0 heterocycles. The van der Waals surface area contributed by atoms with Crippen LogP contribution in [0.5, 0.6) is 0 Å². The minimum atomic E-state index is -2.94. The van der Waals surface area contributed by atoms with E-state index in [0.717, 1.165) is 6.08 Å². The van der Waals surface area contributed by atoms with Gasteiger partial charge in [0.15, 0.2) is 0 Å². The summed E-state index contributed by atoms with van der Waals surface area (Å²) in [6.07, 6.45) is -2.13. The average Bonchev–Trinajstić information content (AvgIpc) is 1.64. The van der Waals surface area contributed by atoms with Crippen molar-refractivity contribution in [1.29, 1.82) is 0 Å². The van der Waals surface area contributed by atoms with E-state index in [0.29, 0.717) is 0 Å². The van der Waals surface area contributed by atoms with Gasteiger partial charge >= 0.3 is 0 Å². The van der Waals surface area contributed by atoms with Gasteiger partial charge in [-0.15, -0.1) is 0 Å². The van der Waals surface area contributed by atoms with Gasteiger partial charge in [-0.2, -0.15) is 0 Å². The Labute approximate surface area is 50.8 Å². The highest BCUT2D eigenvalue weighted by atomic mass is 19.3. The van der Waals surface area contributed by atoms with Gasteiger partial charge in [0.05, 0.1) is 5.97 Å². The van der Waals surface area contributed by atoms with Crippen molar-refractivity contribution in [3.05, 3.63) is 11.6 Å². The van der Waals surface area contributed by atoms with Gasteiger partial charge in [-0.3, -0.25) is 0 Å². The Kier molecular flexibility index (Phi) is 2.84. The Hall–Kier alpha value is -0.930. The summed E-state index contributed by atoms with van der Waals surface area (Å²) in [5.74, 6) is -1.81. The number of allylic oxidation sites excluding steroid dienone is 1. The first kappa shape index (κ1) is 8.07. The normalized spacial score (nSPS) is 12.2. The molecule has 0 aromatic heterocycles. The smallest absolute Gasteiger partial charge is 0.265 e. The summed E-state index contributed by atoms with van der Waals surface area (Å²) in [6.45, 7) is 1.22. The topological polar surface area (TPSA) is 40.1 Å². The van der Waals surface area contributed by atoms with Crippen molar-refractivity contribution in [2.45, 2.75) is 13.3 Å². The van der Waals surface area contributed by atoms with E-state index in [9.17, 15) is 18.7 Å². The number of alkyl halides is 2. The van der Waals surface area contributed by atoms with Crippen molar-refractivity contribution in [3.63, 3.8) is 0 Å². The molecular formula is C5H5F2O2-. The summed E-state index contributed by atoms with van der Waals surface area (Å²) in [6, 6.07) is 0. The van der Waals surface area contributed by atoms with Crippen molar-refractivity contribution in [2.75, 3.05) is 0 Å². The number of carbonyl (C=O) groups excluding carboxylic acids is 1. The van der Waals surface area contributed by atoms with Gasteiger partial charge in [0, 0.05) is 5.57 Å². The van der Waals surface area contributed by atoms with Crippen LogP contribution in [0.3, 0.4) is 0 Å². The van der Waals surface area contributed by atoms with Crippen LogP contribution in [0.4, 0.5) is 8.78 Å². The number of hydrogen-bond acceptors (Lipinski definition) is 2. The maximum absolute atomic E-state index is 11.5. The van der Waals surface area contributed by atoms with Crippen molar-refractivity contribution >= 4 is 5.97 Å². The molecule has 0 aliphatic carbocycles. The Bertz CT molecular complexity index is 140. The second kappa shape index (κ2) is 3.17. The molecule has 0 amide bonds. The number of carboxylic acid groups (broad SMARTS) is 1. The molecule has 9 heavy (non-hydrogen) atoms. The molecule has 0 aromatic rings. The molecule has 0 aliphatic heterocycles. The minimum absolute atomic E-state index is 0.819. The fourth-order valence-electron chi connectivity index (χ4n) is 0.333. The van der Waals surface area contributed by atoms with Crippen molar-refractivity contribution in [2.24, 2.45) is 0 Å². The summed E-state index contributed by atoms with van der Waals surface area (Å²) in [5.41, 5.74) is -0.963. The van der Waals surface area contributed by atoms with Crippen LogP contribution in [-0.2, 0) is 4.79 Å². The third kappa shape index (κ3) is 2.21. The van der Waals surface area contributed by atoms with Gasteiger partial charge in [-0.1, -0.05) is 6.08 Å². The molecule has 2 nitrogen and oxygen atoms in total. The molecule has 0 aromatic carbocycles. The van der Waals surface area contributed by atoms with Crippen LogP contribution in [0.25, 0.3) is 0 Å². The zero-order valence-electron chi connectivity index (χ0n) is 4.73. The summed E-state index contributed by atoms with van der Waals surface area (Å²) in [7, 11) is 0. The predicted molar refractivity (Wildman–Crippen MR) is 24.8 cm³/mol. The standard InChI is InChI=1S/C5H6F2O2/c1-2-3(4(6)7)5(8)9/h2,4H,1H3,(H,8,9)/p-1. The largest absolute Gasteiger partial charge is 0.545 e. The van der Waals surface area contributed by atoms with Gasteiger partial charge in [0.2, 0.25) is 0 Å². The van der Waals surface area contributed by atoms with Crippen molar-refractivity contribution < 1.29 is 18.7 Å². The highest BCUT2D eigenvalue weighted by Gasteiger charge is 2.09. The monoisotopic (exact) mass is 135 g/mol. The number of hydrogen-bond donors (Lipinski definition) is 0. The number of carboxylic acids is 1. The minimum Gasteiger partial charge on any atom is -0.545 e. The van der Waals surface area contributed by atoms with Crippen molar-refractivity contribution in [3.8, 4) is 0 Å². The van der Waals surface area contributed by atoms with Crippen molar-refractivity contribution in [1.82, 2.24) is 0 Å². The fraction of sp³-hybridized carbons (Fsp3) is 0.400. The van der Waals surface area contributed by atoms with E-state index < -0.39 is 18.0 Å². The molecule has 0 fully saturated rings. The molecule has 0 saturated heterocycles. The molecular weight excluding hydrogens is 130 g/mol. The molecule has 0 N–H and O–H groups in total. The van der Waals surface area contributed by atoms with Crippen LogP contribution in [0.15, 0.2) is 11.6 Å². The third-order valence-electron chi connectivity index (χ3n) is 0.782. The third-order valence-corrected chi connectivity index (χ3v) is 0.782. The molecule has 0 rings (SSSR count). The molecule has 4 heteroatoms. The predicted octanol–water partition coefficient (Wildman–Crippen LogP) is -0.0523. The van der Waals surface area contributed by atoms with E-state index in [1.807, 2.05) is 0 Å². The van der Waals surface area contributed by atoms with Crippen LogP contribution >= 0.6 is 0 Å². The van der Waals surface area contributed by atoms with E-state index in [4.69, 9.17) is 0 Å². The van der Waals surface area contributed by atoms with Crippen LogP contribution < -0.4 is 5.11 Å². The Morgan fingerprint density at radius 1 is 1.67 bits per heavy atom. The molecule has 52 valence electrons. The second-order valence-corrected chi connectivity index (χ2v) is 1.33. The molecule has 0 atom stereocenters. The lowest BCUT2D eigenvalue weighted by Gasteiger charge is -2.04. The zero-order valence-corrected chi connectivity index (χ0v) is 4.73. The molecule has 0 saturated carbocycles. The van der Waals surface area contributed by atoms with Gasteiger partial charge in [0.1, 0.15) is 0 Å². The first-order chi connectivity index (χ1) is 4.09. The average molecular weight is 135 g/mol. The Morgan fingerprint density at radius 3 is 2.11 bits per heavy atom. The maximum atomic E-state index is 11.5. The van der Waals surface area contributed by atoms with Gasteiger partial charge in [0.25, 0.3) is 6.43 Å². The summed E-state index contributed by atoms with van der Waals surface area (Å²) in [4.78, 5) is 9.71. The second-order valence-electron chi connectivity index (χ2n) is 1.33. The Morgan fingerprint density at radius 2 is 2.11 bits per heavy atom. The lowest BCUT2D eigenvalue weighted by atomic mass is 10.3. The lowest BCUT2D eigenvalue weighted by Crippen LogP contribution is -2.27. The van der Waals surface area contributed by atoms with Crippen LogP contribution in [-0.4, -0.2) is 12.4 Å².